The Morgan fingerprint density at radius 2 is 1.48 bits per heavy atom. The molecule has 0 heterocycles. The van der Waals surface area contributed by atoms with Crippen LogP contribution in [0.1, 0.15) is 106 Å². The Hall–Kier alpha value is -0.300. The summed E-state index contributed by atoms with van der Waals surface area (Å²) >= 11 is 0. The van der Waals surface area contributed by atoms with Crippen molar-refractivity contribution in [2.45, 2.75) is 112 Å². The molecular weight excluding hydrogens is 376 g/mol. The summed E-state index contributed by atoms with van der Waals surface area (Å²) in [4.78, 5) is 0. The highest BCUT2D eigenvalue weighted by Gasteiger charge is 2.61. The smallest absolute Gasteiger partial charge is 0.0568 e. The van der Waals surface area contributed by atoms with Gasteiger partial charge in [-0.1, -0.05) is 60.6 Å². The van der Waals surface area contributed by atoms with Crippen molar-refractivity contribution in [1.29, 1.82) is 0 Å². The number of hydrogen-bond acceptors (Lipinski definition) is 1. The number of aliphatic hydroxyl groups excluding tert-OH is 1. The molecular formula is C30H52O. The summed E-state index contributed by atoms with van der Waals surface area (Å²) in [6, 6.07) is 0. The Kier molecular flexibility index (Phi) is 6.78. The number of fused-ring (bicyclic) bond motifs is 5. The van der Waals surface area contributed by atoms with Gasteiger partial charge in [0.05, 0.1) is 6.10 Å². The minimum Gasteiger partial charge on any atom is -0.393 e. The molecule has 1 heteroatoms. The summed E-state index contributed by atoms with van der Waals surface area (Å²) in [6.07, 6.45) is 17.3. The first-order valence-corrected chi connectivity index (χ1v) is 14.0. The number of rotatable bonds is 5. The van der Waals surface area contributed by atoms with Crippen molar-refractivity contribution in [2.75, 3.05) is 0 Å². The van der Waals surface area contributed by atoms with Gasteiger partial charge in [-0.15, -0.1) is 0 Å². The van der Waals surface area contributed by atoms with E-state index in [9.17, 15) is 5.11 Å². The van der Waals surface area contributed by atoms with Crippen molar-refractivity contribution in [3.05, 3.63) is 12.2 Å². The number of hydrogen-bond donors (Lipinski definition) is 1. The minimum atomic E-state index is -0.0511. The number of aliphatic hydroxyl groups is 1. The second-order valence-corrected chi connectivity index (χ2v) is 13.3. The first kappa shape index (κ1) is 23.8. The van der Waals surface area contributed by atoms with E-state index < -0.39 is 0 Å². The molecule has 0 saturated heterocycles. The topological polar surface area (TPSA) is 20.2 Å². The lowest BCUT2D eigenvalue weighted by atomic mass is 9.43. The van der Waals surface area contributed by atoms with Crippen molar-refractivity contribution in [3.8, 4) is 0 Å². The van der Waals surface area contributed by atoms with Gasteiger partial charge in [-0.3, -0.25) is 0 Å². The molecule has 0 aromatic heterocycles. The zero-order chi connectivity index (χ0) is 22.6. The lowest BCUT2D eigenvalue weighted by molar-refractivity contribution is -0.148. The molecule has 0 bridgehead atoms. The maximum absolute atomic E-state index is 10.5. The zero-order valence-electron chi connectivity index (χ0n) is 21.7. The van der Waals surface area contributed by atoms with Crippen LogP contribution in [0.5, 0.6) is 0 Å². The van der Waals surface area contributed by atoms with Gasteiger partial charge in [0, 0.05) is 0 Å². The van der Waals surface area contributed by atoms with Gasteiger partial charge in [-0.2, -0.15) is 0 Å². The highest BCUT2D eigenvalue weighted by atomic mass is 16.3. The lowest BCUT2D eigenvalue weighted by Crippen LogP contribution is -2.56. The van der Waals surface area contributed by atoms with E-state index in [1.165, 1.54) is 51.4 Å². The van der Waals surface area contributed by atoms with E-state index in [0.717, 1.165) is 53.8 Å². The molecule has 4 aliphatic carbocycles. The van der Waals surface area contributed by atoms with E-state index >= 15 is 0 Å². The van der Waals surface area contributed by atoms with Gasteiger partial charge in [0.25, 0.3) is 0 Å². The van der Waals surface area contributed by atoms with Crippen LogP contribution in [0.3, 0.4) is 0 Å². The molecule has 4 fully saturated rings. The fourth-order valence-electron chi connectivity index (χ4n) is 9.90. The Morgan fingerprint density at radius 1 is 0.839 bits per heavy atom. The third-order valence-corrected chi connectivity index (χ3v) is 11.9. The van der Waals surface area contributed by atoms with Gasteiger partial charge in [0.15, 0.2) is 0 Å². The number of allylic oxidation sites excluding steroid dienone is 2. The normalized spacial score (nSPS) is 49.5. The van der Waals surface area contributed by atoms with E-state index in [4.69, 9.17) is 0 Å². The molecule has 1 nitrogen and oxygen atoms in total. The van der Waals surface area contributed by atoms with Crippen LogP contribution in [0.2, 0.25) is 0 Å². The average Bonchev–Trinajstić information content (AvgIpc) is 3.08. The quantitative estimate of drug-likeness (QED) is 0.438. The van der Waals surface area contributed by atoms with Gasteiger partial charge in [0.2, 0.25) is 0 Å². The van der Waals surface area contributed by atoms with E-state index in [0.29, 0.717) is 16.7 Å². The fraction of sp³-hybridized carbons (Fsp3) is 0.933. The van der Waals surface area contributed by atoms with Crippen LogP contribution >= 0.6 is 0 Å². The molecule has 1 N–H and O–H groups in total. The van der Waals surface area contributed by atoms with Crippen LogP contribution < -0.4 is 0 Å². The van der Waals surface area contributed by atoms with Crippen LogP contribution in [0, 0.1) is 64.1 Å². The van der Waals surface area contributed by atoms with Crippen LogP contribution in [0.4, 0.5) is 0 Å². The molecule has 0 radical (unpaired) electrons. The average molecular weight is 429 g/mol. The van der Waals surface area contributed by atoms with Crippen molar-refractivity contribution >= 4 is 0 Å². The highest BCUT2D eigenvalue weighted by molar-refractivity contribution is 5.12. The molecule has 31 heavy (non-hydrogen) atoms. The lowest BCUT2D eigenvalue weighted by Gasteiger charge is -2.62. The molecule has 11 atom stereocenters. The molecule has 4 saturated carbocycles. The highest BCUT2D eigenvalue weighted by Crippen LogP contribution is 2.68. The zero-order valence-corrected chi connectivity index (χ0v) is 21.7. The van der Waals surface area contributed by atoms with Crippen molar-refractivity contribution in [3.63, 3.8) is 0 Å². The molecule has 0 amide bonds. The van der Waals surface area contributed by atoms with Gasteiger partial charge in [-0.25, -0.2) is 0 Å². The largest absolute Gasteiger partial charge is 0.393 e. The predicted octanol–water partition coefficient (Wildman–Crippen LogP) is 8.13. The molecule has 0 aliphatic heterocycles. The Balaban J connectivity index is 1.51. The fourth-order valence-corrected chi connectivity index (χ4v) is 9.90. The molecule has 0 spiro atoms. The van der Waals surface area contributed by atoms with E-state index in [-0.39, 0.29) is 6.10 Å². The maximum Gasteiger partial charge on any atom is 0.0568 e. The third-order valence-electron chi connectivity index (χ3n) is 11.9. The van der Waals surface area contributed by atoms with Crippen molar-refractivity contribution in [1.82, 2.24) is 0 Å². The molecule has 0 aromatic rings. The summed E-state index contributed by atoms with van der Waals surface area (Å²) in [5, 5.41) is 10.5. The SMILES string of the molecule is CCC(C=CC(C)[C@H]1CC[C@H]2[C@@H]3CCC4[C@H](C)[C@H](O)CC[C@]4(C)[C@H]3CC[C@]12C)C(C)C. The van der Waals surface area contributed by atoms with Crippen LogP contribution in [-0.2, 0) is 0 Å². The molecule has 178 valence electrons. The third kappa shape index (κ3) is 3.87. The minimum absolute atomic E-state index is 0.0511. The maximum atomic E-state index is 10.5. The molecule has 4 rings (SSSR count). The van der Waals surface area contributed by atoms with Crippen LogP contribution in [-0.4, -0.2) is 11.2 Å². The van der Waals surface area contributed by atoms with Gasteiger partial charge < -0.3 is 5.11 Å². The Morgan fingerprint density at radius 3 is 2.16 bits per heavy atom. The standard InChI is InChI=1S/C30H52O/c1-8-22(19(2)3)10-9-20(4)24-13-14-26-23-11-12-25-21(5)28(31)16-18-30(25,7)27(23)15-17-29(24,26)6/h9-10,19-28,31H,8,11-18H2,1-7H3/t20?,21-,22?,23-,24+,25?,26-,27-,28+,29+,30-/m0/s1. The van der Waals surface area contributed by atoms with Gasteiger partial charge in [0.1, 0.15) is 0 Å². The summed E-state index contributed by atoms with van der Waals surface area (Å²) in [6.45, 7) is 17.3. The predicted molar refractivity (Wildman–Crippen MR) is 133 cm³/mol. The van der Waals surface area contributed by atoms with E-state index in [2.05, 4.69) is 60.6 Å². The van der Waals surface area contributed by atoms with Crippen molar-refractivity contribution < 1.29 is 5.11 Å². The molecule has 4 aliphatic rings. The molecule has 0 aromatic carbocycles. The van der Waals surface area contributed by atoms with Gasteiger partial charge >= 0.3 is 0 Å². The van der Waals surface area contributed by atoms with Crippen LogP contribution in [0.25, 0.3) is 0 Å². The van der Waals surface area contributed by atoms with E-state index in [1.54, 1.807) is 0 Å². The van der Waals surface area contributed by atoms with E-state index in [1.807, 2.05) is 0 Å². The Bertz CT molecular complexity index is 651. The second kappa shape index (κ2) is 8.81. The first-order valence-electron chi connectivity index (χ1n) is 14.0. The second-order valence-electron chi connectivity index (χ2n) is 13.3. The summed E-state index contributed by atoms with van der Waals surface area (Å²) in [7, 11) is 0. The van der Waals surface area contributed by atoms with Crippen molar-refractivity contribution in [2.24, 2.45) is 64.1 Å². The summed E-state index contributed by atoms with van der Waals surface area (Å²) in [5.41, 5.74) is 1.03. The molecule has 3 unspecified atom stereocenters. The first-order chi connectivity index (χ1) is 14.6. The summed E-state index contributed by atoms with van der Waals surface area (Å²) in [5.74, 6) is 7.14. The summed E-state index contributed by atoms with van der Waals surface area (Å²) < 4.78 is 0. The Labute approximate surface area is 193 Å². The van der Waals surface area contributed by atoms with Gasteiger partial charge in [-0.05, 0) is 122 Å². The van der Waals surface area contributed by atoms with Crippen LogP contribution in [0.15, 0.2) is 12.2 Å². The monoisotopic (exact) mass is 428 g/mol.